The van der Waals surface area contributed by atoms with Crippen LogP contribution < -0.4 is 0 Å². The molecule has 0 saturated heterocycles. The van der Waals surface area contributed by atoms with Crippen LogP contribution >= 0.6 is 0 Å². The van der Waals surface area contributed by atoms with Crippen molar-refractivity contribution in [2.24, 2.45) is 0 Å². The maximum absolute atomic E-state index is 10.4. The maximum Gasteiger partial charge on any atom is 0.518 e. The molecule has 0 N–H and O–H groups in total. The Hall–Kier alpha value is -1.25. The molecular weight excluding hydrogens is 132 g/mol. The number of rotatable bonds is 2. The Morgan fingerprint density at radius 1 is 1.10 bits per heavy atom. The Labute approximate surface area is 59.9 Å². The second kappa shape index (κ2) is 5.88. The highest BCUT2D eigenvalue weighted by Crippen LogP contribution is 1.86. The molecular formula is C7H10O3. The van der Waals surface area contributed by atoms with Gasteiger partial charge in [-0.3, -0.25) is 0 Å². The van der Waals surface area contributed by atoms with Crippen molar-refractivity contribution in [3.05, 3.63) is 24.7 Å². The molecule has 0 rings (SSSR count). The average Bonchev–Trinajstić information content (AvgIpc) is 1.97. The molecule has 0 aliphatic carbocycles. The van der Waals surface area contributed by atoms with Gasteiger partial charge < -0.3 is 9.47 Å². The molecule has 3 heteroatoms. The first-order valence-corrected chi connectivity index (χ1v) is 2.91. The van der Waals surface area contributed by atoms with E-state index in [1.807, 2.05) is 0 Å². The van der Waals surface area contributed by atoms with E-state index in [0.717, 1.165) is 0 Å². The van der Waals surface area contributed by atoms with E-state index in [0.29, 0.717) is 0 Å². The van der Waals surface area contributed by atoms with Crippen molar-refractivity contribution in [3.8, 4) is 0 Å². The van der Waals surface area contributed by atoms with Crippen LogP contribution in [0.2, 0.25) is 0 Å². The van der Waals surface area contributed by atoms with Gasteiger partial charge in [-0.25, -0.2) is 4.79 Å². The molecule has 0 aromatic rings. The number of ether oxygens (including phenoxy) is 2. The first-order chi connectivity index (χ1) is 4.81. The predicted octanol–water partition coefficient (Wildman–Crippen LogP) is 2.21. The summed E-state index contributed by atoms with van der Waals surface area (Å²) in [4.78, 5) is 10.4. The highest BCUT2D eigenvalue weighted by atomic mass is 16.7. The molecule has 10 heavy (non-hydrogen) atoms. The SMILES string of the molecule is C/C=C/OC(=O)O/C=C/C. The zero-order chi connectivity index (χ0) is 7.82. The van der Waals surface area contributed by atoms with Gasteiger partial charge in [0.1, 0.15) is 0 Å². The van der Waals surface area contributed by atoms with E-state index in [1.165, 1.54) is 12.5 Å². The zero-order valence-corrected chi connectivity index (χ0v) is 6.03. The van der Waals surface area contributed by atoms with Crippen molar-refractivity contribution < 1.29 is 14.3 Å². The van der Waals surface area contributed by atoms with Gasteiger partial charge in [0.25, 0.3) is 0 Å². The van der Waals surface area contributed by atoms with Gasteiger partial charge in [0.05, 0.1) is 12.5 Å². The van der Waals surface area contributed by atoms with Crippen molar-refractivity contribution in [2.75, 3.05) is 0 Å². The second-order valence-electron chi connectivity index (χ2n) is 1.42. The molecule has 0 unspecified atom stereocenters. The van der Waals surface area contributed by atoms with Crippen molar-refractivity contribution in [1.29, 1.82) is 0 Å². The molecule has 0 bridgehead atoms. The molecule has 0 aliphatic rings. The first-order valence-electron chi connectivity index (χ1n) is 2.91. The molecule has 0 aromatic heterocycles. The van der Waals surface area contributed by atoms with Crippen LogP contribution in [0, 0.1) is 0 Å². The van der Waals surface area contributed by atoms with Gasteiger partial charge in [-0.2, -0.15) is 0 Å². The Morgan fingerprint density at radius 3 is 1.80 bits per heavy atom. The molecule has 0 spiro atoms. The fourth-order valence-corrected chi connectivity index (χ4v) is 0.275. The molecule has 56 valence electrons. The predicted molar refractivity (Wildman–Crippen MR) is 37.2 cm³/mol. The molecule has 0 amide bonds. The number of hydrogen-bond donors (Lipinski definition) is 0. The lowest BCUT2D eigenvalue weighted by atomic mass is 10.7. The van der Waals surface area contributed by atoms with Crippen LogP contribution in [0.3, 0.4) is 0 Å². The van der Waals surface area contributed by atoms with Crippen LogP contribution in [-0.2, 0) is 9.47 Å². The summed E-state index contributed by atoms with van der Waals surface area (Å²) in [6, 6.07) is 0. The summed E-state index contributed by atoms with van der Waals surface area (Å²) in [5.41, 5.74) is 0. The van der Waals surface area contributed by atoms with E-state index in [2.05, 4.69) is 9.47 Å². The van der Waals surface area contributed by atoms with Crippen molar-refractivity contribution in [3.63, 3.8) is 0 Å². The molecule has 0 aliphatic heterocycles. The standard InChI is InChI=1S/C7H10O3/c1-3-5-9-7(8)10-6-4-2/h3-6H,1-2H3/b5-3+,6-4+. The van der Waals surface area contributed by atoms with Crippen molar-refractivity contribution in [1.82, 2.24) is 0 Å². The largest absolute Gasteiger partial charge is 0.518 e. The van der Waals surface area contributed by atoms with E-state index in [1.54, 1.807) is 26.0 Å². The molecule has 0 fully saturated rings. The molecule has 0 atom stereocenters. The lowest BCUT2D eigenvalue weighted by Gasteiger charge is -1.93. The van der Waals surface area contributed by atoms with Crippen LogP contribution in [0.15, 0.2) is 24.7 Å². The first kappa shape index (κ1) is 8.75. The van der Waals surface area contributed by atoms with E-state index in [9.17, 15) is 4.79 Å². The van der Waals surface area contributed by atoms with Crippen molar-refractivity contribution >= 4 is 6.16 Å². The number of allylic oxidation sites excluding steroid dienone is 2. The van der Waals surface area contributed by atoms with E-state index in [-0.39, 0.29) is 0 Å². The normalized spacial score (nSPS) is 10.6. The third-order valence-corrected chi connectivity index (χ3v) is 0.601. The molecule has 0 radical (unpaired) electrons. The third-order valence-electron chi connectivity index (χ3n) is 0.601. The van der Waals surface area contributed by atoms with Crippen LogP contribution in [0.4, 0.5) is 4.79 Å². The highest BCUT2D eigenvalue weighted by molar-refractivity contribution is 5.61. The summed E-state index contributed by atoms with van der Waals surface area (Å²) in [5, 5.41) is 0. The minimum atomic E-state index is -0.726. The summed E-state index contributed by atoms with van der Waals surface area (Å²) in [6.45, 7) is 3.48. The van der Waals surface area contributed by atoms with Gasteiger partial charge in [-0.1, -0.05) is 12.2 Å². The van der Waals surface area contributed by atoms with Crippen LogP contribution in [0.1, 0.15) is 13.8 Å². The zero-order valence-electron chi connectivity index (χ0n) is 6.03. The van der Waals surface area contributed by atoms with Gasteiger partial charge in [0, 0.05) is 0 Å². The number of carbonyl (C=O) groups excluding carboxylic acids is 1. The quantitative estimate of drug-likeness (QED) is 0.438. The summed E-state index contributed by atoms with van der Waals surface area (Å²) in [6.07, 6.45) is 4.97. The molecule has 3 nitrogen and oxygen atoms in total. The average molecular weight is 142 g/mol. The number of hydrogen-bond acceptors (Lipinski definition) is 3. The highest BCUT2D eigenvalue weighted by Gasteiger charge is 1.94. The minimum absolute atomic E-state index is 0.726. The lowest BCUT2D eigenvalue weighted by molar-refractivity contribution is 0.119. The smallest absolute Gasteiger partial charge is 0.403 e. The summed E-state index contributed by atoms with van der Waals surface area (Å²) in [5.74, 6) is 0. The number of carbonyl (C=O) groups is 1. The second-order valence-corrected chi connectivity index (χ2v) is 1.42. The third kappa shape index (κ3) is 4.90. The monoisotopic (exact) mass is 142 g/mol. The van der Waals surface area contributed by atoms with Gasteiger partial charge in [0.2, 0.25) is 0 Å². The summed E-state index contributed by atoms with van der Waals surface area (Å²) >= 11 is 0. The van der Waals surface area contributed by atoms with Crippen LogP contribution in [0.25, 0.3) is 0 Å². The fraction of sp³-hybridized carbons (Fsp3) is 0.286. The fourth-order valence-electron chi connectivity index (χ4n) is 0.275. The van der Waals surface area contributed by atoms with Gasteiger partial charge in [-0.15, -0.1) is 0 Å². The van der Waals surface area contributed by atoms with Gasteiger partial charge >= 0.3 is 6.16 Å². The lowest BCUT2D eigenvalue weighted by Crippen LogP contribution is -1.97. The van der Waals surface area contributed by atoms with E-state index in [4.69, 9.17) is 0 Å². The summed E-state index contributed by atoms with van der Waals surface area (Å²) in [7, 11) is 0. The van der Waals surface area contributed by atoms with E-state index < -0.39 is 6.16 Å². The Bertz CT molecular complexity index is 131. The van der Waals surface area contributed by atoms with Crippen LogP contribution in [0.5, 0.6) is 0 Å². The van der Waals surface area contributed by atoms with Crippen molar-refractivity contribution in [2.45, 2.75) is 13.8 Å². The molecule has 0 saturated carbocycles. The van der Waals surface area contributed by atoms with Gasteiger partial charge in [0.15, 0.2) is 0 Å². The minimum Gasteiger partial charge on any atom is -0.403 e. The Balaban J connectivity index is 3.44. The summed E-state index contributed by atoms with van der Waals surface area (Å²) < 4.78 is 8.80. The molecule has 0 aromatic carbocycles. The van der Waals surface area contributed by atoms with Gasteiger partial charge in [-0.05, 0) is 13.8 Å². The topological polar surface area (TPSA) is 35.5 Å². The van der Waals surface area contributed by atoms with E-state index >= 15 is 0 Å². The van der Waals surface area contributed by atoms with Crippen LogP contribution in [-0.4, -0.2) is 6.16 Å². The Kier molecular flexibility index (Phi) is 5.14. The Morgan fingerprint density at radius 2 is 1.50 bits per heavy atom. The molecule has 0 heterocycles. The maximum atomic E-state index is 10.4.